The van der Waals surface area contributed by atoms with Gasteiger partial charge in [-0.3, -0.25) is 10.1 Å². The topological polar surface area (TPSA) is 50.4 Å². The number of carbonyl (C=O) groups is 1. The molecule has 0 saturated heterocycles. The summed E-state index contributed by atoms with van der Waals surface area (Å²) in [5, 5.41) is 6.03. The predicted octanol–water partition coefficient (Wildman–Crippen LogP) is 3.92. The lowest BCUT2D eigenvalue weighted by Gasteiger charge is -2.11. The Bertz CT molecular complexity index is 702. The highest BCUT2D eigenvalue weighted by Crippen LogP contribution is 2.14. The monoisotopic (exact) mass is 356 g/mol. The van der Waals surface area contributed by atoms with Crippen LogP contribution in [0.4, 0.5) is 0 Å². The van der Waals surface area contributed by atoms with Crippen LogP contribution in [0.5, 0.6) is 5.75 Å². The quantitative estimate of drug-likeness (QED) is 0.739. The average Bonchev–Trinajstić information content (AvgIpc) is 2.61. The number of thiocarbonyl (C=S) groups is 1. The minimum Gasteiger partial charge on any atom is -0.494 e. The lowest BCUT2D eigenvalue weighted by molar-refractivity contribution is 0.0976. The zero-order valence-electron chi connectivity index (χ0n) is 14.6. The molecule has 5 heteroatoms. The molecule has 2 aromatic rings. The number of amides is 1. The van der Waals surface area contributed by atoms with E-state index in [2.05, 4.69) is 24.5 Å². The Hall–Kier alpha value is -2.40. The largest absolute Gasteiger partial charge is 0.494 e. The van der Waals surface area contributed by atoms with Gasteiger partial charge in [-0.05, 0) is 48.3 Å². The van der Waals surface area contributed by atoms with E-state index in [0.29, 0.717) is 35.5 Å². The Morgan fingerprint density at radius 3 is 2.60 bits per heavy atom. The maximum atomic E-state index is 12.3. The molecule has 0 fully saturated rings. The molecule has 0 unspecified atom stereocenters. The first-order valence-corrected chi connectivity index (χ1v) is 8.81. The van der Waals surface area contributed by atoms with Crippen LogP contribution in [0.1, 0.15) is 36.2 Å². The average molecular weight is 356 g/mol. The smallest absolute Gasteiger partial charge is 0.257 e. The van der Waals surface area contributed by atoms with Gasteiger partial charge in [0, 0.05) is 12.1 Å². The van der Waals surface area contributed by atoms with E-state index in [1.807, 2.05) is 36.4 Å². The first-order chi connectivity index (χ1) is 12.0. The number of ether oxygens (including phenoxy) is 1. The van der Waals surface area contributed by atoms with Crippen LogP contribution in [0, 0.1) is 5.92 Å². The van der Waals surface area contributed by atoms with Crippen LogP contribution in [-0.4, -0.2) is 17.6 Å². The van der Waals surface area contributed by atoms with Crippen molar-refractivity contribution in [3.63, 3.8) is 0 Å². The first-order valence-electron chi connectivity index (χ1n) is 8.40. The van der Waals surface area contributed by atoms with Crippen molar-refractivity contribution >= 4 is 23.2 Å². The highest BCUT2D eigenvalue weighted by Gasteiger charge is 2.09. The fraction of sp³-hybridized carbons (Fsp3) is 0.300. The van der Waals surface area contributed by atoms with Crippen molar-refractivity contribution in [1.82, 2.24) is 10.6 Å². The van der Waals surface area contributed by atoms with Crippen LogP contribution in [0.2, 0.25) is 0 Å². The Kier molecular flexibility index (Phi) is 7.41. The predicted molar refractivity (Wildman–Crippen MR) is 105 cm³/mol. The molecule has 0 heterocycles. The molecule has 0 saturated carbocycles. The lowest BCUT2D eigenvalue weighted by Crippen LogP contribution is -2.38. The van der Waals surface area contributed by atoms with Crippen molar-refractivity contribution in [1.29, 1.82) is 0 Å². The summed E-state index contributed by atoms with van der Waals surface area (Å²) in [5.74, 6) is 1.02. The van der Waals surface area contributed by atoms with Gasteiger partial charge in [0.05, 0.1) is 6.61 Å². The molecule has 2 rings (SSSR count). The second kappa shape index (κ2) is 9.79. The second-order valence-electron chi connectivity index (χ2n) is 6.18. The van der Waals surface area contributed by atoms with Crippen molar-refractivity contribution in [3.05, 3.63) is 65.7 Å². The molecule has 2 aromatic carbocycles. The summed E-state index contributed by atoms with van der Waals surface area (Å²) < 4.78 is 5.69. The SMILES string of the molecule is CC(C)CCOc1cccc(C(=O)NC(=S)NCc2ccccc2)c1. The molecule has 4 nitrogen and oxygen atoms in total. The minimum absolute atomic E-state index is 0.250. The van der Waals surface area contributed by atoms with E-state index in [-0.39, 0.29) is 5.91 Å². The number of hydrogen-bond donors (Lipinski definition) is 2. The van der Waals surface area contributed by atoms with Crippen LogP contribution in [0.3, 0.4) is 0 Å². The molecule has 0 radical (unpaired) electrons. The summed E-state index contributed by atoms with van der Waals surface area (Å²) in [6, 6.07) is 17.0. The van der Waals surface area contributed by atoms with Crippen molar-refractivity contribution < 1.29 is 9.53 Å². The maximum Gasteiger partial charge on any atom is 0.257 e. The van der Waals surface area contributed by atoms with E-state index in [1.54, 1.807) is 18.2 Å². The second-order valence-corrected chi connectivity index (χ2v) is 6.59. The molecule has 25 heavy (non-hydrogen) atoms. The highest BCUT2D eigenvalue weighted by molar-refractivity contribution is 7.80. The van der Waals surface area contributed by atoms with Crippen LogP contribution in [-0.2, 0) is 6.54 Å². The van der Waals surface area contributed by atoms with Gasteiger partial charge in [-0.15, -0.1) is 0 Å². The number of rotatable bonds is 7. The first kappa shape index (κ1) is 18.9. The molecular weight excluding hydrogens is 332 g/mol. The number of nitrogens with one attached hydrogen (secondary N) is 2. The summed E-state index contributed by atoms with van der Waals surface area (Å²) in [5.41, 5.74) is 1.62. The van der Waals surface area contributed by atoms with Gasteiger partial charge in [0.15, 0.2) is 5.11 Å². The fourth-order valence-corrected chi connectivity index (χ4v) is 2.30. The Morgan fingerprint density at radius 1 is 1.12 bits per heavy atom. The van der Waals surface area contributed by atoms with Gasteiger partial charge in [0.1, 0.15) is 5.75 Å². The molecule has 0 aliphatic heterocycles. The van der Waals surface area contributed by atoms with Crippen molar-refractivity contribution in [2.45, 2.75) is 26.8 Å². The van der Waals surface area contributed by atoms with E-state index in [4.69, 9.17) is 17.0 Å². The maximum absolute atomic E-state index is 12.3. The summed E-state index contributed by atoms with van der Waals surface area (Å²) in [7, 11) is 0. The molecule has 0 aromatic heterocycles. The van der Waals surface area contributed by atoms with Gasteiger partial charge >= 0.3 is 0 Å². The normalized spacial score (nSPS) is 10.4. The molecule has 1 amide bonds. The number of benzene rings is 2. The van der Waals surface area contributed by atoms with Crippen molar-refractivity contribution in [3.8, 4) is 5.75 Å². The summed E-state index contributed by atoms with van der Waals surface area (Å²) in [6.45, 7) is 5.51. The highest BCUT2D eigenvalue weighted by atomic mass is 32.1. The number of hydrogen-bond acceptors (Lipinski definition) is 3. The van der Waals surface area contributed by atoms with Gasteiger partial charge in [-0.1, -0.05) is 50.2 Å². The van der Waals surface area contributed by atoms with Crippen molar-refractivity contribution in [2.75, 3.05) is 6.61 Å². The standard InChI is InChI=1S/C20H24N2O2S/c1-15(2)11-12-24-18-10-6-9-17(13-18)19(23)22-20(25)21-14-16-7-4-3-5-8-16/h3-10,13,15H,11-12,14H2,1-2H3,(H2,21,22,23,25). The van der Waals surface area contributed by atoms with Gasteiger partial charge in [0.2, 0.25) is 0 Å². The molecule has 2 N–H and O–H groups in total. The van der Waals surface area contributed by atoms with Crippen LogP contribution in [0.15, 0.2) is 54.6 Å². The summed E-state index contributed by atoms with van der Waals surface area (Å²) >= 11 is 5.19. The third kappa shape index (κ3) is 6.93. The summed E-state index contributed by atoms with van der Waals surface area (Å²) in [4.78, 5) is 12.3. The van der Waals surface area contributed by atoms with Gasteiger partial charge in [-0.25, -0.2) is 0 Å². The Balaban J connectivity index is 1.84. The third-order valence-corrected chi connectivity index (χ3v) is 3.83. The van der Waals surface area contributed by atoms with Gasteiger partial charge < -0.3 is 10.1 Å². The van der Waals surface area contributed by atoms with Crippen molar-refractivity contribution in [2.24, 2.45) is 5.92 Å². The number of carbonyl (C=O) groups excluding carboxylic acids is 1. The molecule has 0 bridgehead atoms. The molecule has 0 atom stereocenters. The Morgan fingerprint density at radius 2 is 1.88 bits per heavy atom. The van der Waals surface area contributed by atoms with Gasteiger partial charge in [0.25, 0.3) is 5.91 Å². The molecule has 0 aliphatic carbocycles. The molecule has 132 valence electrons. The zero-order chi connectivity index (χ0) is 18.1. The fourth-order valence-electron chi connectivity index (χ4n) is 2.14. The van der Waals surface area contributed by atoms with E-state index >= 15 is 0 Å². The van der Waals surface area contributed by atoms with E-state index < -0.39 is 0 Å². The molecule has 0 aliphatic rings. The van der Waals surface area contributed by atoms with E-state index in [0.717, 1.165) is 12.0 Å². The van der Waals surface area contributed by atoms with E-state index in [1.165, 1.54) is 0 Å². The van der Waals surface area contributed by atoms with Crippen LogP contribution < -0.4 is 15.4 Å². The Labute approximate surface area is 154 Å². The zero-order valence-corrected chi connectivity index (χ0v) is 15.4. The van der Waals surface area contributed by atoms with Gasteiger partial charge in [-0.2, -0.15) is 0 Å². The van der Waals surface area contributed by atoms with Crippen LogP contribution >= 0.6 is 12.2 Å². The van der Waals surface area contributed by atoms with E-state index in [9.17, 15) is 4.79 Å². The van der Waals surface area contributed by atoms with Crippen LogP contribution in [0.25, 0.3) is 0 Å². The third-order valence-electron chi connectivity index (χ3n) is 3.58. The molecular formula is C20H24N2O2S. The lowest BCUT2D eigenvalue weighted by atomic mass is 10.1. The molecule has 0 spiro atoms. The minimum atomic E-state index is -0.250. The summed E-state index contributed by atoms with van der Waals surface area (Å²) in [6.07, 6.45) is 0.976.